The number of Topliss-reactive ketones (excluding diaryl/α,β-unsaturated/α-hetero) is 1. The van der Waals surface area contributed by atoms with Gasteiger partial charge < -0.3 is 10.0 Å². The molecular formula is C40H51N2O2+. The summed E-state index contributed by atoms with van der Waals surface area (Å²) >= 11 is 0. The molecule has 0 radical (unpaired) electrons. The lowest BCUT2D eigenvalue weighted by molar-refractivity contribution is -0.673. The molecule has 0 atom stereocenters. The Labute approximate surface area is 264 Å². The summed E-state index contributed by atoms with van der Waals surface area (Å²) in [6.45, 7) is 6.34. The van der Waals surface area contributed by atoms with Gasteiger partial charge in [-0.05, 0) is 55.5 Å². The van der Waals surface area contributed by atoms with Gasteiger partial charge in [0.2, 0.25) is 17.0 Å². The quantitative estimate of drug-likeness (QED) is 0.102. The molecule has 0 saturated heterocycles. The van der Waals surface area contributed by atoms with Gasteiger partial charge in [0.25, 0.3) is 0 Å². The minimum absolute atomic E-state index is 0.0624. The summed E-state index contributed by atoms with van der Waals surface area (Å²) in [5.74, 6) is 0.0628. The number of allylic oxidation sites excluding steroid dienone is 4. The largest absolute Gasteiger partial charge is 0.506 e. The van der Waals surface area contributed by atoms with Crippen LogP contribution >= 0.6 is 0 Å². The van der Waals surface area contributed by atoms with Gasteiger partial charge in [0.15, 0.2) is 0 Å². The van der Waals surface area contributed by atoms with Crippen LogP contribution in [0.3, 0.4) is 0 Å². The van der Waals surface area contributed by atoms with Gasteiger partial charge in [0.05, 0.1) is 11.1 Å². The van der Waals surface area contributed by atoms with Gasteiger partial charge in [-0.15, -0.1) is 0 Å². The number of rotatable bonds is 16. The van der Waals surface area contributed by atoms with Crippen molar-refractivity contribution in [3.63, 3.8) is 0 Å². The molecule has 0 saturated carbocycles. The van der Waals surface area contributed by atoms with Gasteiger partial charge in [-0.3, -0.25) is 4.79 Å². The zero-order chi connectivity index (χ0) is 30.7. The van der Waals surface area contributed by atoms with Crippen molar-refractivity contribution >= 4 is 28.4 Å². The van der Waals surface area contributed by atoms with Gasteiger partial charge >= 0.3 is 0 Å². The van der Waals surface area contributed by atoms with Crippen LogP contribution < -0.4 is 9.47 Å². The second kappa shape index (κ2) is 15.9. The lowest BCUT2D eigenvalue weighted by Crippen LogP contribution is -2.38. The predicted molar refractivity (Wildman–Crippen MR) is 184 cm³/mol. The number of aryl methyl sites for hydroxylation is 2. The van der Waals surface area contributed by atoms with Crippen LogP contribution in [-0.2, 0) is 17.8 Å². The third-order valence-corrected chi connectivity index (χ3v) is 9.33. The fraction of sp³-hybridized carbons (Fsp3) is 0.450. The molecule has 3 aromatic rings. The van der Waals surface area contributed by atoms with Crippen molar-refractivity contribution in [1.82, 2.24) is 0 Å². The number of ketones is 1. The topological polar surface area (TPSA) is 44.4 Å². The van der Waals surface area contributed by atoms with Crippen LogP contribution in [0.5, 0.6) is 0 Å². The van der Waals surface area contributed by atoms with Crippen molar-refractivity contribution in [1.29, 1.82) is 0 Å². The van der Waals surface area contributed by atoms with Gasteiger partial charge in [-0.2, -0.15) is 4.57 Å². The zero-order valence-corrected chi connectivity index (χ0v) is 27.0. The molecular weight excluding hydrogens is 540 g/mol. The van der Waals surface area contributed by atoms with E-state index < -0.39 is 0 Å². The van der Waals surface area contributed by atoms with Crippen LogP contribution in [0.1, 0.15) is 109 Å². The molecule has 1 aromatic heterocycles. The number of unbranched alkanes of at least 4 members (excludes halogenated alkanes) is 10. The molecule has 1 aliphatic heterocycles. The van der Waals surface area contributed by atoms with Crippen LogP contribution in [0.2, 0.25) is 0 Å². The van der Waals surface area contributed by atoms with Crippen molar-refractivity contribution in [3.8, 4) is 0 Å². The number of aliphatic hydroxyl groups excluding tert-OH is 1. The molecule has 4 heteroatoms. The Bertz CT molecular complexity index is 1530. The third-order valence-electron chi connectivity index (χ3n) is 9.33. The smallest absolute Gasteiger partial charge is 0.212 e. The Balaban J connectivity index is 1.37. The highest BCUT2D eigenvalue weighted by atomic mass is 16.3. The number of aliphatic hydroxyl groups is 1. The number of hydrogen-bond donors (Lipinski definition) is 1. The molecule has 2 aromatic carbocycles. The average Bonchev–Trinajstić information content (AvgIpc) is 3.06. The SMILES string of the molecule is CCCCCCCCN1/C(=C/C2=C(O)C(=Cc3ccc4ccccc4[n+]3CCCCCCCC)C2=O)CCc2ccccc21. The molecule has 1 aliphatic carbocycles. The summed E-state index contributed by atoms with van der Waals surface area (Å²) in [6, 6.07) is 21.3. The van der Waals surface area contributed by atoms with Gasteiger partial charge in [0.1, 0.15) is 12.3 Å². The van der Waals surface area contributed by atoms with Crippen molar-refractivity contribution in [2.45, 2.75) is 110 Å². The second-order valence-electron chi connectivity index (χ2n) is 12.6. The van der Waals surface area contributed by atoms with E-state index in [1.165, 1.54) is 86.4 Å². The number of carbonyl (C=O) groups is 1. The molecule has 5 rings (SSSR count). The minimum Gasteiger partial charge on any atom is -0.506 e. The Morgan fingerprint density at radius 3 is 2.20 bits per heavy atom. The minimum atomic E-state index is -0.0624. The first-order chi connectivity index (χ1) is 21.6. The molecule has 44 heavy (non-hydrogen) atoms. The lowest BCUT2D eigenvalue weighted by Gasteiger charge is -2.34. The molecule has 0 spiro atoms. The van der Waals surface area contributed by atoms with Crippen LogP contribution in [0.4, 0.5) is 5.69 Å². The Morgan fingerprint density at radius 2 is 1.43 bits per heavy atom. The number of nitrogens with zero attached hydrogens (tertiary/aromatic N) is 2. The molecule has 2 aliphatic rings. The van der Waals surface area contributed by atoms with E-state index in [1.807, 2.05) is 12.2 Å². The van der Waals surface area contributed by atoms with Crippen molar-refractivity contribution in [2.75, 3.05) is 11.4 Å². The van der Waals surface area contributed by atoms with E-state index in [4.69, 9.17) is 0 Å². The number of para-hydroxylation sites is 2. The molecule has 0 amide bonds. The van der Waals surface area contributed by atoms with Crippen LogP contribution in [0.25, 0.3) is 17.0 Å². The predicted octanol–water partition coefficient (Wildman–Crippen LogP) is 9.96. The molecule has 0 bridgehead atoms. The first-order valence-corrected chi connectivity index (χ1v) is 17.3. The lowest BCUT2D eigenvalue weighted by atomic mass is 9.85. The first-order valence-electron chi connectivity index (χ1n) is 17.3. The normalized spacial score (nSPS) is 16.7. The van der Waals surface area contributed by atoms with Gasteiger partial charge in [0, 0.05) is 47.9 Å². The first kappa shape index (κ1) is 31.8. The molecule has 1 N–H and O–H groups in total. The van der Waals surface area contributed by atoms with Crippen molar-refractivity contribution in [2.24, 2.45) is 0 Å². The standard InChI is InChI=1S/C40H50N2O2/c1-3-5-7-9-11-17-27-41-33(25-23-31-19-13-15-21-37(31)41)29-35-39(43)36(40(35)44)30-34-26-24-32-20-14-16-22-38(32)42(34)28-18-12-10-8-6-4-2/h13-16,19-23,25,29-30H,3-12,17-18,24,26-28H2,1-2H3/p+1. The van der Waals surface area contributed by atoms with Gasteiger partial charge in [-0.1, -0.05) is 102 Å². The fourth-order valence-electron chi connectivity index (χ4n) is 6.73. The summed E-state index contributed by atoms with van der Waals surface area (Å²) in [5, 5.41) is 12.4. The maximum Gasteiger partial charge on any atom is 0.212 e. The van der Waals surface area contributed by atoms with Crippen LogP contribution in [-0.4, -0.2) is 17.4 Å². The highest BCUT2D eigenvalue weighted by Gasteiger charge is 2.34. The highest BCUT2D eigenvalue weighted by Crippen LogP contribution is 2.37. The van der Waals surface area contributed by atoms with E-state index in [2.05, 4.69) is 84.0 Å². The summed E-state index contributed by atoms with van der Waals surface area (Å²) in [5.41, 5.74) is 6.74. The number of benzene rings is 2. The van der Waals surface area contributed by atoms with E-state index in [1.54, 1.807) is 0 Å². The molecule has 4 nitrogen and oxygen atoms in total. The number of carbonyl (C=O) groups excluding carboxylic acids is 1. The van der Waals surface area contributed by atoms with E-state index in [0.29, 0.717) is 11.1 Å². The molecule has 0 unspecified atom stereocenters. The number of fused-ring (bicyclic) bond motifs is 2. The maximum absolute atomic E-state index is 13.5. The summed E-state index contributed by atoms with van der Waals surface area (Å²) in [6.07, 6.45) is 20.6. The monoisotopic (exact) mass is 591 g/mol. The Kier molecular flexibility index (Phi) is 11.5. The van der Waals surface area contributed by atoms with Crippen LogP contribution in [0, 0.1) is 0 Å². The highest BCUT2D eigenvalue weighted by molar-refractivity contribution is 6.23. The summed E-state index contributed by atoms with van der Waals surface area (Å²) < 4.78 is 2.32. The zero-order valence-electron chi connectivity index (χ0n) is 27.0. The number of pyridine rings is 1. The summed E-state index contributed by atoms with van der Waals surface area (Å²) in [7, 11) is 0. The number of hydrogen-bond acceptors (Lipinski definition) is 3. The third kappa shape index (κ3) is 7.52. The van der Waals surface area contributed by atoms with E-state index in [0.717, 1.165) is 50.2 Å². The van der Waals surface area contributed by atoms with Crippen molar-refractivity contribution in [3.05, 3.63) is 101 Å². The molecule has 0 fully saturated rings. The Hall–Kier alpha value is -3.66. The van der Waals surface area contributed by atoms with E-state index in [-0.39, 0.29) is 11.5 Å². The number of anilines is 1. The number of aromatic nitrogens is 1. The van der Waals surface area contributed by atoms with E-state index in [9.17, 15) is 9.90 Å². The maximum atomic E-state index is 13.5. The summed E-state index contributed by atoms with van der Waals surface area (Å²) in [4.78, 5) is 15.9. The van der Waals surface area contributed by atoms with Gasteiger partial charge in [-0.25, -0.2) is 0 Å². The average molecular weight is 592 g/mol. The van der Waals surface area contributed by atoms with Crippen LogP contribution in [0.15, 0.2) is 89.3 Å². The van der Waals surface area contributed by atoms with Crippen molar-refractivity contribution < 1.29 is 14.5 Å². The molecule has 232 valence electrons. The molecule has 2 heterocycles. The van der Waals surface area contributed by atoms with E-state index >= 15 is 0 Å². The Morgan fingerprint density at radius 1 is 0.750 bits per heavy atom. The second-order valence-corrected chi connectivity index (χ2v) is 12.6. The fourth-order valence-corrected chi connectivity index (χ4v) is 6.73.